The highest BCUT2D eigenvalue weighted by atomic mass is 14.3. The lowest BCUT2D eigenvalue weighted by atomic mass is 9.77. The maximum absolute atomic E-state index is 4.01. The van der Waals surface area contributed by atoms with Crippen molar-refractivity contribution < 1.29 is 0 Å². The quantitative estimate of drug-likeness (QED) is 0.462. The van der Waals surface area contributed by atoms with Gasteiger partial charge < -0.3 is 0 Å². The molecule has 0 saturated heterocycles. The van der Waals surface area contributed by atoms with Gasteiger partial charge in [-0.3, -0.25) is 0 Å². The topological polar surface area (TPSA) is 0 Å². The van der Waals surface area contributed by atoms with Gasteiger partial charge in [0.2, 0.25) is 0 Å². The van der Waals surface area contributed by atoms with Crippen LogP contribution in [0, 0.1) is 18.3 Å². The van der Waals surface area contributed by atoms with Crippen molar-refractivity contribution in [1.82, 2.24) is 0 Å². The van der Waals surface area contributed by atoms with Gasteiger partial charge in [-0.05, 0) is 18.3 Å². The molecule has 1 aliphatic rings. The molecule has 1 aliphatic carbocycles. The molecular formula is C9H13. The van der Waals surface area contributed by atoms with Gasteiger partial charge >= 0.3 is 0 Å². The van der Waals surface area contributed by atoms with Gasteiger partial charge in [-0.25, -0.2) is 0 Å². The van der Waals surface area contributed by atoms with E-state index in [2.05, 4.69) is 45.1 Å². The van der Waals surface area contributed by atoms with E-state index in [1.54, 1.807) is 0 Å². The van der Waals surface area contributed by atoms with Crippen molar-refractivity contribution in [3.05, 3.63) is 31.2 Å². The van der Waals surface area contributed by atoms with E-state index in [0.29, 0.717) is 5.92 Å². The lowest BCUT2D eigenvalue weighted by Gasteiger charge is -2.27. The van der Waals surface area contributed by atoms with Crippen molar-refractivity contribution in [1.29, 1.82) is 0 Å². The minimum absolute atomic E-state index is 0.259. The Morgan fingerprint density at radius 2 is 2.00 bits per heavy atom. The second-order valence-corrected chi connectivity index (χ2v) is 3.17. The third kappa shape index (κ3) is 1.24. The number of hydrogen-bond donors (Lipinski definition) is 0. The molecule has 0 aromatic heterocycles. The van der Waals surface area contributed by atoms with E-state index in [4.69, 9.17) is 0 Å². The Bertz CT molecular complexity index is 149. The minimum Gasteiger partial charge on any atom is -0.0806 e. The second-order valence-electron chi connectivity index (χ2n) is 3.17. The summed E-state index contributed by atoms with van der Waals surface area (Å²) in [6.45, 7) is 8.41. The molecule has 1 rings (SSSR count). The maximum atomic E-state index is 4.01. The average Bonchev–Trinajstić information content (AvgIpc) is 1.77. The van der Waals surface area contributed by atoms with Crippen LogP contribution in [0.1, 0.15) is 13.8 Å². The minimum atomic E-state index is 0.259. The van der Waals surface area contributed by atoms with Crippen LogP contribution >= 0.6 is 0 Å². The van der Waals surface area contributed by atoms with Crippen LogP contribution in [-0.2, 0) is 0 Å². The van der Waals surface area contributed by atoms with Gasteiger partial charge in [-0.15, -0.1) is 0 Å². The summed E-state index contributed by atoms with van der Waals surface area (Å²) in [5.41, 5.74) is 0.259. The Labute approximate surface area is 57.3 Å². The van der Waals surface area contributed by atoms with Gasteiger partial charge in [0.1, 0.15) is 0 Å². The van der Waals surface area contributed by atoms with Crippen molar-refractivity contribution in [2.75, 3.05) is 0 Å². The van der Waals surface area contributed by atoms with E-state index in [-0.39, 0.29) is 5.41 Å². The molecule has 0 heteroatoms. The van der Waals surface area contributed by atoms with Crippen LogP contribution in [0.5, 0.6) is 0 Å². The molecule has 0 saturated carbocycles. The first-order valence-electron chi connectivity index (χ1n) is 3.32. The summed E-state index contributed by atoms with van der Waals surface area (Å²) >= 11 is 0. The fourth-order valence-corrected chi connectivity index (χ4v) is 0.873. The summed E-state index contributed by atoms with van der Waals surface area (Å²) in [4.78, 5) is 0. The van der Waals surface area contributed by atoms with Crippen LogP contribution in [0.4, 0.5) is 0 Å². The van der Waals surface area contributed by atoms with Crippen molar-refractivity contribution in [2.24, 2.45) is 11.3 Å². The monoisotopic (exact) mass is 121 g/mol. The Morgan fingerprint density at radius 1 is 1.33 bits per heavy atom. The third-order valence-corrected chi connectivity index (χ3v) is 1.94. The highest BCUT2D eigenvalue weighted by molar-refractivity contribution is 5.18. The van der Waals surface area contributed by atoms with Crippen LogP contribution in [0.3, 0.4) is 0 Å². The number of allylic oxidation sites excluding steroid dienone is 4. The van der Waals surface area contributed by atoms with Crippen molar-refractivity contribution in [3.63, 3.8) is 0 Å². The van der Waals surface area contributed by atoms with E-state index < -0.39 is 0 Å². The Morgan fingerprint density at radius 3 is 2.33 bits per heavy atom. The highest BCUT2D eigenvalue weighted by Crippen LogP contribution is 2.31. The zero-order chi connectivity index (χ0) is 6.91. The van der Waals surface area contributed by atoms with E-state index in [9.17, 15) is 0 Å². The summed E-state index contributed by atoms with van der Waals surface area (Å²) in [7, 11) is 0. The zero-order valence-electron chi connectivity index (χ0n) is 6.09. The molecule has 0 nitrogen and oxygen atoms in total. The van der Waals surface area contributed by atoms with Crippen molar-refractivity contribution in [3.8, 4) is 0 Å². The molecule has 1 radical (unpaired) electrons. The largest absolute Gasteiger partial charge is 0.0806 e. The molecule has 0 bridgehead atoms. The van der Waals surface area contributed by atoms with Crippen LogP contribution in [0.2, 0.25) is 0 Å². The number of rotatable bonds is 0. The molecule has 0 aliphatic heterocycles. The summed E-state index contributed by atoms with van der Waals surface area (Å²) in [5, 5.41) is 0. The lowest BCUT2D eigenvalue weighted by Crippen LogP contribution is -2.18. The van der Waals surface area contributed by atoms with Crippen LogP contribution in [0.25, 0.3) is 0 Å². The van der Waals surface area contributed by atoms with Crippen molar-refractivity contribution >= 4 is 0 Å². The lowest BCUT2D eigenvalue weighted by molar-refractivity contribution is 0.395. The van der Waals surface area contributed by atoms with E-state index in [1.807, 2.05) is 0 Å². The molecule has 0 aromatic rings. The highest BCUT2D eigenvalue weighted by Gasteiger charge is 2.21. The molecule has 9 heavy (non-hydrogen) atoms. The van der Waals surface area contributed by atoms with Gasteiger partial charge in [-0.1, -0.05) is 38.2 Å². The predicted molar refractivity (Wildman–Crippen MR) is 40.9 cm³/mol. The number of hydrogen-bond acceptors (Lipinski definition) is 0. The summed E-state index contributed by atoms with van der Waals surface area (Å²) < 4.78 is 0. The van der Waals surface area contributed by atoms with E-state index >= 15 is 0 Å². The van der Waals surface area contributed by atoms with Crippen LogP contribution in [0.15, 0.2) is 24.3 Å². The molecule has 0 N–H and O–H groups in total. The Hall–Kier alpha value is -0.520. The second kappa shape index (κ2) is 2.02. The maximum Gasteiger partial charge on any atom is -0.0109 e. The Balaban J connectivity index is 2.78. The molecule has 0 aromatic carbocycles. The SMILES string of the molecule is [CH2]C1C=CC=CC1(C)C. The molecule has 0 fully saturated rings. The average molecular weight is 121 g/mol. The third-order valence-electron chi connectivity index (χ3n) is 1.94. The van der Waals surface area contributed by atoms with Crippen LogP contribution in [-0.4, -0.2) is 0 Å². The molecular weight excluding hydrogens is 108 g/mol. The molecule has 0 amide bonds. The van der Waals surface area contributed by atoms with Gasteiger partial charge in [0.15, 0.2) is 0 Å². The fraction of sp³-hybridized carbons (Fsp3) is 0.444. The standard InChI is InChI=1S/C9H13/c1-8-6-4-5-7-9(8,2)3/h4-8H,1H2,2-3H3. The zero-order valence-corrected chi connectivity index (χ0v) is 6.09. The van der Waals surface area contributed by atoms with Gasteiger partial charge in [-0.2, -0.15) is 0 Å². The summed E-state index contributed by atoms with van der Waals surface area (Å²) in [6, 6.07) is 0. The summed E-state index contributed by atoms with van der Waals surface area (Å²) in [6.07, 6.45) is 8.48. The van der Waals surface area contributed by atoms with Gasteiger partial charge in [0, 0.05) is 0 Å². The normalized spacial score (nSPS) is 30.8. The smallest absolute Gasteiger partial charge is 0.0109 e. The molecule has 0 spiro atoms. The van der Waals surface area contributed by atoms with Crippen LogP contribution < -0.4 is 0 Å². The molecule has 1 atom stereocenters. The molecule has 1 unspecified atom stereocenters. The first kappa shape index (κ1) is 6.60. The van der Waals surface area contributed by atoms with E-state index in [0.717, 1.165) is 0 Å². The molecule has 49 valence electrons. The van der Waals surface area contributed by atoms with E-state index in [1.165, 1.54) is 0 Å². The fourth-order valence-electron chi connectivity index (χ4n) is 0.873. The first-order valence-corrected chi connectivity index (χ1v) is 3.32. The predicted octanol–water partition coefficient (Wildman–Crippen LogP) is 2.59. The van der Waals surface area contributed by atoms with Crippen molar-refractivity contribution in [2.45, 2.75) is 13.8 Å². The summed E-state index contributed by atoms with van der Waals surface area (Å²) in [5.74, 6) is 0.433. The molecule has 0 heterocycles. The first-order chi connectivity index (χ1) is 4.13. The van der Waals surface area contributed by atoms with Gasteiger partial charge in [0.25, 0.3) is 0 Å². The van der Waals surface area contributed by atoms with Gasteiger partial charge in [0.05, 0.1) is 0 Å². The Kier molecular flexibility index (Phi) is 1.48.